The first kappa shape index (κ1) is 12.5. The van der Waals surface area contributed by atoms with Crippen LogP contribution in [-0.2, 0) is 4.79 Å². The molecule has 5 nitrogen and oxygen atoms in total. The molecule has 2 amide bonds. The SMILES string of the molecule is C=C(C)CNC(=O)N1CCCC1CC(=O)O. The topological polar surface area (TPSA) is 69.6 Å². The summed E-state index contributed by atoms with van der Waals surface area (Å²) in [6, 6.07) is -0.352. The molecule has 2 N–H and O–H groups in total. The Morgan fingerprint density at radius 3 is 2.81 bits per heavy atom. The van der Waals surface area contributed by atoms with Crippen molar-refractivity contribution < 1.29 is 14.7 Å². The van der Waals surface area contributed by atoms with Crippen LogP contribution in [0.1, 0.15) is 26.2 Å². The Balaban J connectivity index is 2.47. The zero-order valence-electron chi connectivity index (χ0n) is 9.53. The predicted octanol–water partition coefficient (Wildman–Crippen LogP) is 1.21. The largest absolute Gasteiger partial charge is 0.481 e. The quantitative estimate of drug-likeness (QED) is 0.708. The van der Waals surface area contributed by atoms with Gasteiger partial charge in [-0.25, -0.2) is 4.79 Å². The molecule has 1 aliphatic rings. The van der Waals surface area contributed by atoms with Gasteiger partial charge < -0.3 is 15.3 Å². The molecule has 0 aliphatic carbocycles. The number of rotatable bonds is 4. The van der Waals surface area contributed by atoms with E-state index < -0.39 is 5.97 Å². The van der Waals surface area contributed by atoms with E-state index in [0.717, 1.165) is 18.4 Å². The second-order valence-electron chi connectivity index (χ2n) is 4.20. The fraction of sp³-hybridized carbons (Fsp3) is 0.636. The normalized spacial score (nSPS) is 19.6. The summed E-state index contributed by atoms with van der Waals surface area (Å²) in [6.07, 6.45) is 1.67. The summed E-state index contributed by atoms with van der Waals surface area (Å²) in [5.74, 6) is -0.857. The molecule has 1 heterocycles. The van der Waals surface area contributed by atoms with Gasteiger partial charge in [0, 0.05) is 19.1 Å². The molecular weight excluding hydrogens is 208 g/mol. The fourth-order valence-electron chi connectivity index (χ4n) is 1.84. The number of carbonyl (C=O) groups is 2. The molecule has 1 saturated heterocycles. The highest BCUT2D eigenvalue weighted by Crippen LogP contribution is 2.19. The van der Waals surface area contributed by atoms with Crippen molar-refractivity contribution in [2.24, 2.45) is 0 Å². The number of nitrogens with one attached hydrogen (secondary N) is 1. The van der Waals surface area contributed by atoms with Crippen molar-refractivity contribution in [3.05, 3.63) is 12.2 Å². The Labute approximate surface area is 95.1 Å². The fourth-order valence-corrected chi connectivity index (χ4v) is 1.84. The Hall–Kier alpha value is -1.52. The first-order valence-electron chi connectivity index (χ1n) is 5.41. The molecule has 0 aromatic heterocycles. The third kappa shape index (κ3) is 3.56. The van der Waals surface area contributed by atoms with Gasteiger partial charge in [0.05, 0.1) is 6.42 Å². The van der Waals surface area contributed by atoms with Gasteiger partial charge in [-0.3, -0.25) is 4.79 Å². The number of carboxylic acid groups (broad SMARTS) is 1. The van der Waals surface area contributed by atoms with E-state index in [4.69, 9.17) is 5.11 Å². The summed E-state index contributed by atoms with van der Waals surface area (Å²) in [7, 11) is 0. The highest BCUT2D eigenvalue weighted by Gasteiger charge is 2.29. The van der Waals surface area contributed by atoms with Gasteiger partial charge in [-0.1, -0.05) is 12.2 Å². The van der Waals surface area contributed by atoms with Gasteiger partial charge in [-0.15, -0.1) is 0 Å². The lowest BCUT2D eigenvalue weighted by atomic mass is 10.1. The van der Waals surface area contributed by atoms with Crippen molar-refractivity contribution in [2.45, 2.75) is 32.2 Å². The number of likely N-dealkylation sites (tertiary alicyclic amines) is 1. The average molecular weight is 226 g/mol. The van der Waals surface area contributed by atoms with E-state index in [2.05, 4.69) is 11.9 Å². The van der Waals surface area contributed by atoms with Gasteiger partial charge in [0.25, 0.3) is 0 Å². The third-order valence-corrected chi connectivity index (χ3v) is 2.59. The summed E-state index contributed by atoms with van der Waals surface area (Å²) in [5.41, 5.74) is 0.877. The second kappa shape index (κ2) is 5.53. The molecule has 1 atom stereocenters. The van der Waals surface area contributed by atoms with Crippen LogP contribution in [-0.4, -0.2) is 41.1 Å². The number of amides is 2. The lowest BCUT2D eigenvalue weighted by molar-refractivity contribution is -0.137. The van der Waals surface area contributed by atoms with E-state index in [1.54, 1.807) is 4.90 Å². The first-order valence-corrected chi connectivity index (χ1v) is 5.41. The van der Waals surface area contributed by atoms with E-state index >= 15 is 0 Å². The molecule has 0 radical (unpaired) electrons. The minimum absolute atomic E-state index is 0.0283. The van der Waals surface area contributed by atoms with Gasteiger partial charge in [-0.05, 0) is 19.8 Å². The van der Waals surface area contributed by atoms with Crippen molar-refractivity contribution in [1.82, 2.24) is 10.2 Å². The molecule has 1 rings (SSSR count). The maximum Gasteiger partial charge on any atom is 0.317 e. The van der Waals surface area contributed by atoms with Crippen LogP contribution >= 0.6 is 0 Å². The Morgan fingerprint density at radius 2 is 2.25 bits per heavy atom. The second-order valence-corrected chi connectivity index (χ2v) is 4.20. The molecule has 0 saturated carbocycles. The number of urea groups is 1. The van der Waals surface area contributed by atoms with Crippen LogP contribution in [0.2, 0.25) is 0 Å². The number of nitrogens with zero attached hydrogens (tertiary/aromatic N) is 1. The molecule has 1 aliphatic heterocycles. The van der Waals surface area contributed by atoms with Crippen molar-refractivity contribution in [2.75, 3.05) is 13.1 Å². The van der Waals surface area contributed by atoms with Crippen molar-refractivity contribution in [3.8, 4) is 0 Å². The Kier molecular flexibility index (Phi) is 4.34. The van der Waals surface area contributed by atoms with Crippen LogP contribution in [0, 0.1) is 0 Å². The molecule has 0 aromatic rings. The smallest absolute Gasteiger partial charge is 0.317 e. The molecule has 16 heavy (non-hydrogen) atoms. The minimum Gasteiger partial charge on any atom is -0.481 e. The van der Waals surface area contributed by atoms with Gasteiger partial charge in [0.2, 0.25) is 0 Å². The van der Waals surface area contributed by atoms with E-state index in [0.29, 0.717) is 13.1 Å². The Morgan fingerprint density at radius 1 is 1.56 bits per heavy atom. The van der Waals surface area contributed by atoms with Gasteiger partial charge >= 0.3 is 12.0 Å². The average Bonchev–Trinajstić information content (AvgIpc) is 2.61. The van der Waals surface area contributed by atoms with E-state index in [9.17, 15) is 9.59 Å². The molecule has 1 unspecified atom stereocenters. The molecule has 0 spiro atoms. The number of carboxylic acids is 1. The van der Waals surface area contributed by atoms with E-state index in [1.165, 1.54) is 0 Å². The van der Waals surface area contributed by atoms with Gasteiger partial charge in [0.15, 0.2) is 0 Å². The first-order chi connectivity index (χ1) is 7.50. The van der Waals surface area contributed by atoms with Gasteiger partial charge in [-0.2, -0.15) is 0 Å². The molecule has 1 fully saturated rings. The molecule has 0 aromatic carbocycles. The van der Waals surface area contributed by atoms with Crippen molar-refractivity contribution >= 4 is 12.0 Å². The van der Waals surface area contributed by atoms with Crippen LogP contribution < -0.4 is 5.32 Å². The summed E-state index contributed by atoms with van der Waals surface area (Å²) in [6.45, 7) is 6.60. The van der Waals surface area contributed by atoms with Crippen LogP contribution in [0.4, 0.5) is 4.79 Å². The summed E-state index contributed by atoms with van der Waals surface area (Å²) in [4.78, 5) is 23.9. The van der Waals surface area contributed by atoms with E-state index in [1.807, 2.05) is 6.92 Å². The lowest BCUT2D eigenvalue weighted by Gasteiger charge is -2.23. The molecule has 5 heteroatoms. The third-order valence-electron chi connectivity index (χ3n) is 2.59. The van der Waals surface area contributed by atoms with Crippen molar-refractivity contribution in [1.29, 1.82) is 0 Å². The van der Waals surface area contributed by atoms with Crippen molar-refractivity contribution in [3.63, 3.8) is 0 Å². The number of hydrogen-bond donors (Lipinski definition) is 2. The zero-order chi connectivity index (χ0) is 12.1. The number of carbonyl (C=O) groups excluding carboxylic acids is 1. The number of aliphatic carboxylic acids is 1. The summed E-state index contributed by atoms with van der Waals surface area (Å²) < 4.78 is 0. The highest BCUT2D eigenvalue weighted by atomic mass is 16.4. The lowest BCUT2D eigenvalue weighted by Crippen LogP contribution is -2.43. The standard InChI is InChI=1S/C11H18N2O3/c1-8(2)7-12-11(16)13-5-3-4-9(13)6-10(14)15/h9H,1,3-7H2,2H3,(H,12,16)(H,14,15). The van der Waals surface area contributed by atoms with Crippen LogP contribution in [0.15, 0.2) is 12.2 Å². The number of hydrogen-bond acceptors (Lipinski definition) is 2. The summed E-state index contributed by atoms with van der Waals surface area (Å²) in [5, 5.41) is 11.4. The predicted molar refractivity (Wildman–Crippen MR) is 60.2 cm³/mol. The minimum atomic E-state index is -0.857. The molecular formula is C11H18N2O3. The van der Waals surface area contributed by atoms with Crippen LogP contribution in [0.5, 0.6) is 0 Å². The van der Waals surface area contributed by atoms with E-state index in [-0.39, 0.29) is 18.5 Å². The monoisotopic (exact) mass is 226 g/mol. The van der Waals surface area contributed by atoms with Crippen LogP contribution in [0.25, 0.3) is 0 Å². The molecule has 0 bridgehead atoms. The maximum absolute atomic E-state index is 11.7. The zero-order valence-corrected chi connectivity index (χ0v) is 9.53. The highest BCUT2D eigenvalue weighted by molar-refractivity contribution is 5.76. The van der Waals surface area contributed by atoms with Gasteiger partial charge in [0.1, 0.15) is 0 Å². The van der Waals surface area contributed by atoms with Crippen LogP contribution in [0.3, 0.4) is 0 Å². The summed E-state index contributed by atoms with van der Waals surface area (Å²) >= 11 is 0. The maximum atomic E-state index is 11.7. The Bertz CT molecular complexity index is 302. The molecule has 90 valence electrons.